The molecule has 1 aliphatic heterocycles. The maximum Gasteiger partial charge on any atom is 0.138 e. The minimum atomic E-state index is 0.235. The SMILES string of the molecule is c1ccc(-c2cccc3[nH]c(-c4n[nH]c5ccc(-c6cncc(OC7CCNCC7)c6)cc45)cc23)nc1. The summed E-state index contributed by atoms with van der Waals surface area (Å²) in [6.07, 6.45) is 7.78. The predicted molar refractivity (Wildman–Crippen MR) is 146 cm³/mol. The van der Waals surface area contributed by atoms with Crippen LogP contribution in [0.4, 0.5) is 0 Å². The van der Waals surface area contributed by atoms with Gasteiger partial charge in [0.2, 0.25) is 0 Å². The number of piperidine rings is 1. The molecule has 0 atom stereocenters. The molecule has 5 heterocycles. The number of nitrogens with zero attached hydrogens (tertiary/aromatic N) is 3. The van der Waals surface area contributed by atoms with Crippen molar-refractivity contribution in [2.45, 2.75) is 18.9 Å². The number of aromatic nitrogens is 5. The third-order valence-corrected chi connectivity index (χ3v) is 7.06. The minimum Gasteiger partial charge on any atom is -0.489 e. The van der Waals surface area contributed by atoms with Gasteiger partial charge in [-0.3, -0.25) is 15.1 Å². The Morgan fingerprint density at radius 2 is 1.76 bits per heavy atom. The molecule has 1 saturated heterocycles. The van der Waals surface area contributed by atoms with E-state index in [2.05, 4.69) is 79.0 Å². The van der Waals surface area contributed by atoms with Crippen molar-refractivity contribution >= 4 is 21.8 Å². The van der Waals surface area contributed by atoms with E-state index in [4.69, 9.17) is 4.74 Å². The normalized spacial score (nSPS) is 14.4. The topological polar surface area (TPSA) is 91.5 Å². The molecule has 2 aromatic carbocycles. The average molecular weight is 487 g/mol. The number of fused-ring (bicyclic) bond motifs is 2. The lowest BCUT2D eigenvalue weighted by Crippen LogP contribution is -2.34. The van der Waals surface area contributed by atoms with E-state index in [1.807, 2.05) is 30.6 Å². The molecule has 0 bridgehead atoms. The summed E-state index contributed by atoms with van der Waals surface area (Å²) in [6.45, 7) is 1.99. The Morgan fingerprint density at radius 1 is 0.811 bits per heavy atom. The molecule has 3 N–H and O–H groups in total. The number of ether oxygens (including phenoxy) is 1. The van der Waals surface area contributed by atoms with E-state index < -0.39 is 0 Å². The van der Waals surface area contributed by atoms with Gasteiger partial charge in [0.1, 0.15) is 17.5 Å². The predicted octanol–water partition coefficient (Wildman–Crippen LogP) is 5.97. The zero-order chi connectivity index (χ0) is 24.6. The van der Waals surface area contributed by atoms with Crippen LogP contribution in [0, 0.1) is 0 Å². The van der Waals surface area contributed by atoms with Gasteiger partial charge in [0, 0.05) is 39.8 Å². The Bertz CT molecular complexity index is 1700. The third kappa shape index (κ3) is 4.13. The molecule has 7 heteroatoms. The molecule has 7 nitrogen and oxygen atoms in total. The molecule has 0 unspecified atom stereocenters. The first-order valence-electron chi connectivity index (χ1n) is 12.7. The smallest absolute Gasteiger partial charge is 0.138 e. The first-order chi connectivity index (χ1) is 18.3. The fourth-order valence-corrected chi connectivity index (χ4v) is 5.17. The summed E-state index contributed by atoms with van der Waals surface area (Å²) in [5.74, 6) is 0.814. The van der Waals surface area contributed by atoms with Gasteiger partial charge in [0.05, 0.1) is 23.1 Å². The van der Waals surface area contributed by atoms with Crippen LogP contribution >= 0.6 is 0 Å². The molecule has 37 heavy (non-hydrogen) atoms. The van der Waals surface area contributed by atoms with Gasteiger partial charge >= 0.3 is 0 Å². The number of hydrogen-bond donors (Lipinski definition) is 3. The molecule has 7 rings (SSSR count). The molecule has 1 aliphatic rings. The second-order valence-electron chi connectivity index (χ2n) is 9.47. The van der Waals surface area contributed by atoms with Crippen LogP contribution < -0.4 is 10.1 Å². The Labute approximate surface area is 213 Å². The van der Waals surface area contributed by atoms with Crippen LogP contribution in [0.1, 0.15) is 12.8 Å². The highest BCUT2D eigenvalue weighted by molar-refractivity contribution is 6.01. The van der Waals surface area contributed by atoms with E-state index in [1.54, 1.807) is 6.20 Å². The van der Waals surface area contributed by atoms with Crippen LogP contribution in [-0.4, -0.2) is 44.3 Å². The van der Waals surface area contributed by atoms with Crippen molar-refractivity contribution in [1.29, 1.82) is 0 Å². The van der Waals surface area contributed by atoms with Crippen molar-refractivity contribution in [3.8, 4) is 39.5 Å². The van der Waals surface area contributed by atoms with Crippen LogP contribution in [0.15, 0.2) is 85.3 Å². The second kappa shape index (κ2) is 9.19. The maximum absolute atomic E-state index is 6.23. The van der Waals surface area contributed by atoms with Crippen molar-refractivity contribution < 1.29 is 4.74 Å². The lowest BCUT2D eigenvalue weighted by molar-refractivity contribution is 0.162. The van der Waals surface area contributed by atoms with Gasteiger partial charge in [0.25, 0.3) is 0 Å². The van der Waals surface area contributed by atoms with E-state index in [0.29, 0.717) is 0 Å². The Morgan fingerprint density at radius 3 is 2.65 bits per heavy atom. The summed E-state index contributed by atoms with van der Waals surface area (Å²) in [4.78, 5) is 12.6. The molecule has 0 radical (unpaired) electrons. The van der Waals surface area contributed by atoms with Crippen LogP contribution in [0.5, 0.6) is 5.75 Å². The molecular formula is C30H26N6O. The van der Waals surface area contributed by atoms with Gasteiger partial charge in [-0.05, 0) is 74.0 Å². The summed E-state index contributed by atoms with van der Waals surface area (Å²) in [7, 11) is 0. The molecular weight excluding hydrogens is 460 g/mol. The molecule has 0 aliphatic carbocycles. The number of nitrogens with one attached hydrogen (secondary N) is 3. The molecule has 0 amide bonds. The van der Waals surface area contributed by atoms with Crippen molar-refractivity contribution in [3.05, 3.63) is 85.3 Å². The van der Waals surface area contributed by atoms with Gasteiger partial charge < -0.3 is 15.0 Å². The number of H-pyrrole nitrogens is 2. The van der Waals surface area contributed by atoms with Crippen molar-refractivity contribution in [2.75, 3.05) is 13.1 Å². The number of benzene rings is 2. The molecule has 0 saturated carbocycles. The van der Waals surface area contributed by atoms with Gasteiger partial charge in [-0.1, -0.05) is 24.3 Å². The standard InChI is InChI=1S/C30H26N6O/c1-2-11-33-26(5-1)23-4-3-6-27-24(23)16-29(34-27)30-25-15-19(7-8-28(25)35-36-30)20-14-22(18-32-17-20)37-21-9-12-31-13-10-21/h1-8,11,14-18,21,31,34H,9-10,12-13H2,(H,35,36). The fraction of sp³-hybridized carbons (Fsp3) is 0.167. The largest absolute Gasteiger partial charge is 0.489 e. The van der Waals surface area contributed by atoms with E-state index in [-0.39, 0.29) is 6.10 Å². The summed E-state index contributed by atoms with van der Waals surface area (Å²) < 4.78 is 6.23. The van der Waals surface area contributed by atoms with Gasteiger partial charge in [-0.2, -0.15) is 5.10 Å². The quantitative estimate of drug-likeness (QED) is 0.279. The van der Waals surface area contributed by atoms with Crippen molar-refractivity contribution in [2.24, 2.45) is 0 Å². The monoisotopic (exact) mass is 486 g/mol. The van der Waals surface area contributed by atoms with Crippen LogP contribution in [0.25, 0.3) is 55.6 Å². The lowest BCUT2D eigenvalue weighted by Gasteiger charge is -2.23. The third-order valence-electron chi connectivity index (χ3n) is 7.06. The average Bonchev–Trinajstić information content (AvgIpc) is 3.58. The molecule has 182 valence electrons. The van der Waals surface area contributed by atoms with Gasteiger partial charge in [-0.25, -0.2) is 0 Å². The summed E-state index contributed by atoms with van der Waals surface area (Å²) in [5, 5.41) is 13.4. The van der Waals surface area contributed by atoms with Crippen LogP contribution in [-0.2, 0) is 0 Å². The zero-order valence-corrected chi connectivity index (χ0v) is 20.2. The molecule has 1 fully saturated rings. The van der Waals surface area contributed by atoms with Gasteiger partial charge in [0.15, 0.2) is 0 Å². The molecule has 4 aromatic heterocycles. The number of pyridine rings is 2. The van der Waals surface area contributed by atoms with E-state index in [0.717, 1.165) is 87.3 Å². The Kier molecular flexibility index (Phi) is 5.40. The summed E-state index contributed by atoms with van der Waals surface area (Å²) in [5.41, 5.74) is 8.02. The van der Waals surface area contributed by atoms with Crippen molar-refractivity contribution in [3.63, 3.8) is 0 Å². The highest BCUT2D eigenvalue weighted by Crippen LogP contribution is 2.35. The maximum atomic E-state index is 6.23. The lowest BCUT2D eigenvalue weighted by atomic mass is 10.0. The number of rotatable bonds is 5. The molecule has 6 aromatic rings. The van der Waals surface area contributed by atoms with Crippen LogP contribution in [0.2, 0.25) is 0 Å². The molecule has 0 spiro atoms. The first-order valence-corrected chi connectivity index (χ1v) is 12.7. The zero-order valence-electron chi connectivity index (χ0n) is 20.2. The highest BCUT2D eigenvalue weighted by Gasteiger charge is 2.17. The summed E-state index contributed by atoms with van der Waals surface area (Å²) in [6, 6.07) is 22.8. The Hall–Kier alpha value is -4.49. The van der Waals surface area contributed by atoms with Crippen molar-refractivity contribution in [1.82, 2.24) is 30.5 Å². The van der Waals surface area contributed by atoms with E-state index >= 15 is 0 Å². The number of aromatic amines is 2. The first kappa shape index (κ1) is 21.8. The Balaban J connectivity index is 1.26. The van der Waals surface area contributed by atoms with Crippen LogP contribution in [0.3, 0.4) is 0 Å². The van der Waals surface area contributed by atoms with E-state index in [1.165, 1.54) is 0 Å². The summed E-state index contributed by atoms with van der Waals surface area (Å²) >= 11 is 0. The fourth-order valence-electron chi connectivity index (χ4n) is 5.17. The minimum absolute atomic E-state index is 0.235. The number of hydrogen-bond acceptors (Lipinski definition) is 5. The second-order valence-corrected chi connectivity index (χ2v) is 9.47. The van der Waals surface area contributed by atoms with E-state index in [9.17, 15) is 0 Å². The highest BCUT2D eigenvalue weighted by atomic mass is 16.5. The van der Waals surface area contributed by atoms with Gasteiger partial charge in [-0.15, -0.1) is 0 Å².